The van der Waals surface area contributed by atoms with Crippen molar-refractivity contribution in [2.75, 3.05) is 0 Å². The lowest BCUT2D eigenvalue weighted by molar-refractivity contribution is -0.385. The molecule has 0 aliphatic heterocycles. The minimum Gasteiger partial charge on any atom is -0.374 e. The van der Waals surface area contributed by atoms with E-state index in [1.165, 1.54) is 31.4 Å². The molecule has 0 saturated carbocycles. The quantitative estimate of drug-likeness (QED) is 0.361. The molecule has 1 aromatic rings. The van der Waals surface area contributed by atoms with Crippen molar-refractivity contribution < 1.29 is 9.66 Å². The van der Waals surface area contributed by atoms with Crippen molar-refractivity contribution in [2.45, 2.75) is 58.7 Å². The molecule has 1 aromatic carbocycles. The van der Waals surface area contributed by atoms with Gasteiger partial charge in [-0.3, -0.25) is 10.1 Å². The Morgan fingerprint density at radius 1 is 1.35 bits per heavy atom. The zero-order valence-electron chi connectivity index (χ0n) is 12.1. The average Bonchev–Trinajstić information content (AvgIpc) is 2.42. The van der Waals surface area contributed by atoms with E-state index >= 15 is 0 Å². The molecule has 0 aromatic heterocycles. The van der Waals surface area contributed by atoms with Crippen LogP contribution in [0, 0.1) is 10.1 Å². The summed E-state index contributed by atoms with van der Waals surface area (Å²) in [4.78, 5) is 10.3. The van der Waals surface area contributed by atoms with Crippen LogP contribution in [0.4, 0.5) is 5.69 Å². The minimum absolute atomic E-state index is 0.0450. The third-order valence-electron chi connectivity index (χ3n) is 3.23. The van der Waals surface area contributed by atoms with Gasteiger partial charge in [0, 0.05) is 22.7 Å². The lowest BCUT2D eigenvalue weighted by Gasteiger charge is -2.13. The second-order valence-corrected chi connectivity index (χ2v) is 5.41. The first kappa shape index (κ1) is 16.9. The summed E-state index contributed by atoms with van der Waals surface area (Å²) in [5, 5.41) is 11.2. The minimum atomic E-state index is -0.423. The molecule has 0 amide bonds. The van der Waals surface area contributed by atoms with Gasteiger partial charge in [0.2, 0.25) is 0 Å². The number of hydrogen-bond donors (Lipinski definition) is 0. The Bertz CT molecular complexity index is 437. The van der Waals surface area contributed by atoms with Crippen molar-refractivity contribution in [3.63, 3.8) is 0 Å². The molecule has 4 nitrogen and oxygen atoms in total. The molecule has 1 rings (SSSR count). The molecule has 1 unspecified atom stereocenters. The van der Waals surface area contributed by atoms with Gasteiger partial charge in [-0.2, -0.15) is 0 Å². The van der Waals surface area contributed by atoms with Crippen LogP contribution >= 0.6 is 11.6 Å². The molecule has 0 aliphatic rings. The molecule has 0 aliphatic carbocycles. The van der Waals surface area contributed by atoms with Gasteiger partial charge in [0.15, 0.2) is 0 Å². The van der Waals surface area contributed by atoms with Crippen LogP contribution in [-0.4, -0.2) is 11.0 Å². The molecule has 0 spiro atoms. The van der Waals surface area contributed by atoms with Crippen LogP contribution in [0.15, 0.2) is 18.2 Å². The molecule has 0 radical (unpaired) electrons. The smallest absolute Gasteiger partial charge is 0.269 e. The topological polar surface area (TPSA) is 52.4 Å². The normalized spacial score (nSPS) is 12.3. The van der Waals surface area contributed by atoms with Crippen molar-refractivity contribution >= 4 is 17.3 Å². The van der Waals surface area contributed by atoms with Crippen LogP contribution in [0.3, 0.4) is 0 Å². The van der Waals surface area contributed by atoms with Gasteiger partial charge in [0.05, 0.1) is 17.6 Å². The van der Waals surface area contributed by atoms with Crippen LogP contribution in [-0.2, 0) is 11.3 Å². The Morgan fingerprint density at radius 2 is 2.10 bits per heavy atom. The Hall–Kier alpha value is -1.13. The number of hydrogen-bond acceptors (Lipinski definition) is 3. The maximum Gasteiger partial charge on any atom is 0.269 e. The molecule has 0 N–H and O–H groups in total. The number of nitrogens with zero attached hydrogens (tertiary/aromatic N) is 1. The van der Waals surface area contributed by atoms with Gasteiger partial charge in [-0.15, -0.1) is 0 Å². The molecule has 0 fully saturated rings. The zero-order valence-corrected chi connectivity index (χ0v) is 12.9. The Balaban J connectivity index is 2.44. The summed E-state index contributed by atoms with van der Waals surface area (Å²) in [6.07, 6.45) is 6.00. The first-order valence-electron chi connectivity index (χ1n) is 7.09. The van der Waals surface area contributed by atoms with Crippen molar-refractivity contribution in [3.05, 3.63) is 38.9 Å². The molecule has 1 atom stereocenters. The molecular weight excluding hydrogens is 278 g/mol. The summed E-state index contributed by atoms with van der Waals surface area (Å²) in [6, 6.07) is 4.43. The number of non-ortho nitro benzene ring substituents is 1. The van der Waals surface area contributed by atoms with E-state index in [0.717, 1.165) is 12.8 Å². The number of rotatable bonds is 9. The maximum atomic E-state index is 10.7. The highest BCUT2D eigenvalue weighted by Gasteiger charge is 2.11. The number of benzene rings is 1. The van der Waals surface area contributed by atoms with Crippen molar-refractivity contribution in [1.82, 2.24) is 0 Å². The van der Waals surface area contributed by atoms with E-state index in [0.29, 0.717) is 17.2 Å². The number of ether oxygens (including phenoxy) is 1. The molecule has 0 saturated heterocycles. The maximum absolute atomic E-state index is 10.7. The monoisotopic (exact) mass is 299 g/mol. The fourth-order valence-electron chi connectivity index (χ4n) is 1.96. The van der Waals surface area contributed by atoms with Crippen LogP contribution in [0.5, 0.6) is 0 Å². The largest absolute Gasteiger partial charge is 0.374 e. The predicted molar refractivity (Wildman–Crippen MR) is 81.1 cm³/mol. The highest BCUT2D eigenvalue weighted by molar-refractivity contribution is 6.31. The summed E-state index contributed by atoms with van der Waals surface area (Å²) < 4.78 is 5.72. The standard InChI is InChI=1S/C15H22ClNO3/c1-3-4-5-6-7-12(2)20-11-13-10-14(17(18)19)8-9-15(13)16/h8-10,12H,3-7,11H2,1-2H3. The van der Waals surface area contributed by atoms with Crippen molar-refractivity contribution in [2.24, 2.45) is 0 Å². The predicted octanol–water partition coefficient (Wildman–Crippen LogP) is 5.12. The second-order valence-electron chi connectivity index (χ2n) is 5.00. The zero-order chi connectivity index (χ0) is 15.0. The van der Waals surface area contributed by atoms with E-state index < -0.39 is 4.92 Å². The first-order valence-corrected chi connectivity index (χ1v) is 7.46. The third kappa shape index (κ3) is 5.88. The second kappa shape index (κ2) is 8.93. The van der Waals surface area contributed by atoms with Gasteiger partial charge < -0.3 is 4.74 Å². The molecule has 20 heavy (non-hydrogen) atoms. The fourth-order valence-corrected chi connectivity index (χ4v) is 2.13. The molecule has 0 bridgehead atoms. The Kier molecular flexibility index (Phi) is 7.55. The van der Waals surface area contributed by atoms with Gasteiger partial charge in [0.25, 0.3) is 5.69 Å². The van der Waals surface area contributed by atoms with Crippen LogP contribution < -0.4 is 0 Å². The summed E-state index contributed by atoms with van der Waals surface area (Å²) in [6.45, 7) is 4.52. The Morgan fingerprint density at radius 3 is 2.75 bits per heavy atom. The van der Waals surface area contributed by atoms with Crippen molar-refractivity contribution in [3.8, 4) is 0 Å². The van der Waals surface area contributed by atoms with Gasteiger partial charge in [-0.1, -0.05) is 44.2 Å². The molecular formula is C15H22ClNO3. The summed E-state index contributed by atoms with van der Waals surface area (Å²) in [5.41, 5.74) is 0.713. The van der Waals surface area contributed by atoms with E-state index in [-0.39, 0.29) is 11.8 Å². The highest BCUT2D eigenvalue weighted by atomic mass is 35.5. The number of halogens is 1. The summed E-state index contributed by atoms with van der Waals surface area (Å²) >= 11 is 6.03. The van der Waals surface area contributed by atoms with Crippen LogP contribution in [0.25, 0.3) is 0 Å². The van der Waals surface area contributed by atoms with E-state index in [9.17, 15) is 10.1 Å². The van der Waals surface area contributed by atoms with E-state index in [1.54, 1.807) is 6.07 Å². The lowest BCUT2D eigenvalue weighted by atomic mass is 10.1. The number of unbranched alkanes of at least 4 members (excludes halogenated alkanes) is 3. The van der Waals surface area contributed by atoms with Gasteiger partial charge >= 0.3 is 0 Å². The number of nitro benzene ring substituents is 1. The van der Waals surface area contributed by atoms with Crippen LogP contribution in [0.1, 0.15) is 51.5 Å². The van der Waals surface area contributed by atoms with E-state index in [4.69, 9.17) is 16.3 Å². The first-order chi connectivity index (χ1) is 9.54. The summed E-state index contributed by atoms with van der Waals surface area (Å²) in [7, 11) is 0. The lowest BCUT2D eigenvalue weighted by Crippen LogP contribution is -2.08. The molecule has 5 heteroatoms. The van der Waals surface area contributed by atoms with Crippen molar-refractivity contribution in [1.29, 1.82) is 0 Å². The third-order valence-corrected chi connectivity index (χ3v) is 3.60. The number of nitro groups is 1. The highest BCUT2D eigenvalue weighted by Crippen LogP contribution is 2.23. The molecule has 0 heterocycles. The summed E-state index contributed by atoms with van der Waals surface area (Å²) in [5.74, 6) is 0. The van der Waals surface area contributed by atoms with Gasteiger partial charge in [-0.05, 0) is 19.4 Å². The van der Waals surface area contributed by atoms with Crippen LogP contribution in [0.2, 0.25) is 5.02 Å². The van der Waals surface area contributed by atoms with Gasteiger partial charge in [0.1, 0.15) is 0 Å². The van der Waals surface area contributed by atoms with Gasteiger partial charge in [-0.25, -0.2) is 0 Å². The fraction of sp³-hybridized carbons (Fsp3) is 0.600. The Labute approximate surface area is 125 Å². The SMILES string of the molecule is CCCCCCC(C)OCc1cc([N+](=O)[O-])ccc1Cl. The van der Waals surface area contributed by atoms with E-state index in [1.807, 2.05) is 6.92 Å². The average molecular weight is 300 g/mol. The molecule has 112 valence electrons. The van der Waals surface area contributed by atoms with E-state index in [2.05, 4.69) is 6.92 Å².